The van der Waals surface area contributed by atoms with Crippen LogP contribution in [0.1, 0.15) is 29.4 Å². The molecule has 1 N–H and O–H groups in total. The van der Waals surface area contributed by atoms with Crippen molar-refractivity contribution in [2.75, 3.05) is 7.05 Å². The van der Waals surface area contributed by atoms with E-state index >= 15 is 0 Å². The molecule has 2 aromatic rings. The van der Waals surface area contributed by atoms with Crippen molar-refractivity contribution in [1.29, 1.82) is 0 Å². The van der Waals surface area contributed by atoms with Gasteiger partial charge in [-0.3, -0.25) is 14.2 Å². The average Bonchev–Trinajstić information content (AvgIpc) is 3.12. The summed E-state index contributed by atoms with van der Waals surface area (Å²) in [6, 6.07) is 0. The van der Waals surface area contributed by atoms with Crippen molar-refractivity contribution >= 4 is 27.8 Å². The third-order valence-corrected chi connectivity index (χ3v) is 4.02. The zero-order valence-corrected chi connectivity index (χ0v) is 14.5. The van der Waals surface area contributed by atoms with E-state index in [4.69, 9.17) is 5.11 Å². The van der Waals surface area contributed by atoms with Gasteiger partial charge < -0.3 is 10.0 Å². The second-order valence-corrected chi connectivity index (χ2v) is 5.93. The van der Waals surface area contributed by atoms with E-state index in [2.05, 4.69) is 26.1 Å². The van der Waals surface area contributed by atoms with Gasteiger partial charge in [0.25, 0.3) is 0 Å². The number of aryl methyl sites for hydroxylation is 2. The number of aromatic nitrogens is 4. The molecule has 124 valence electrons. The van der Waals surface area contributed by atoms with Crippen LogP contribution in [0.25, 0.3) is 0 Å². The topological polar surface area (TPSA) is 93.2 Å². The Morgan fingerprint density at radius 3 is 2.65 bits per heavy atom. The summed E-state index contributed by atoms with van der Waals surface area (Å²) in [7, 11) is 1.71. The Kier molecular flexibility index (Phi) is 5.54. The van der Waals surface area contributed by atoms with Crippen LogP contribution in [0.5, 0.6) is 0 Å². The fourth-order valence-electron chi connectivity index (χ4n) is 2.02. The molecule has 0 fully saturated rings. The minimum atomic E-state index is -1.03. The summed E-state index contributed by atoms with van der Waals surface area (Å²) in [5.41, 5.74) is 0.912. The van der Waals surface area contributed by atoms with E-state index < -0.39 is 5.97 Å². The zero-order chi connectivity index (χ0) is 17.0. The number of carbonyl (C=O) groups is 2. The highest BCUT2D eigenvalue weighted by Crippen LogP contribution is 2.16. The van der Waals surface area contributed by atoms with Gasteiger partial charge >= 0.3 is 5.97 Å². The molecule has 2 rings (SSSR count). The SMILES string of the molecule is CCn1cc(Br)c(CN(C)C(=O)CCn2cc(C(=O)O)cn2)n1. The van der Waals surface area contributed by atoms with Gasteiger partial charge in [0.1, 0.15) is 0 Å². The van der Waals surface area contributed by atoms with Crippen LogP contribution in [0.4, 0.5) is 0 Å². The summed E-state index contributed by atoms with van der Waals surface area (Å²) in [6.45, 7) is 3.50. The Labute approximate surface area is 141 Å². The summed E-state index contributed by atoms with van der Waals surface area (Å²) >= 11 is 3.44. The number of nitrogens with zero attached hydrogens (tertiary/aromatic N) is 5. The van der Waals surface area contributed by atoms with Gasteiger partial charge in [0, 0.05) is 39.0 Å². The molecule has 8 nitrogen and oxygen atoms in total. The van der Waals surface area contributed by atoms with Gasteiger partial charge in [0.15, 0.2) is 0 Å². The predicted molar refractivity (Wildman–Crippen MR) is 85.9 cm³/mol. The van der Waals surface area contributed by atoms with Gasteiger partial charge in [-0.05, 0) is 22.9 Å². The maximum Gasteiger partial charge on any atom is 0.338 e. The van der Waals surface area contributed by atoms with Crippen LogP contribution in [-0.2, 0) is 24.4 Å². The lowest BCUT2D eigenvalue weighted by molar-refractivity contribution is -0.130. The number of carboxylic acids is 1. The first-order chi connectivity index (χ1) is 10.9. The highest BCUT2D eigenvalue weighted by atomic mass is 79.9. The Hall–Kier alpha value is -2.16. The van der Waals surface area contributed by atoms with Crippen LogP contribution in [0.15, 0.2) is 23.1 Å². The molecule has 0 saturated carbocycles. The fourth-order valence-corrected chi connectivity index (χ4v) is 2.46. The summed E-state index contributed by atoms with van der Waals surface area (Å²) in [4.78, 5) is 24.5. The highest BCUT2D eigenvalue weighted by Gasteiger charge is 2.14. The maximum atomic E-state index is 12.2. The Balaban J connectivity index is 1.89. The van der Waals surface area contributed by atoms with Crippen molar-refractivity contribution in [3.8, 4) is 0 Å². The third-order valence-electron chi connectivity index (χ3n) is 3.36. The summed E-state index contributed by atoms with van der Waals surface area (Å²) < 4.78 is 4.13. The van der Waals surface area contributed by atoms with E-state index in [-0.39, 0.29) is 17.9 Å². The number of aromatic carboxylic acids is 1. The standard InChI is InChI=1S/C14H18BrN5O3/c1-3-19-8-11(15)12(17-19)9-18(2)13(21)4-5-20-7-10(6-16-20)14(22)23/h6-8H,3-5,9H2,1-2H3,(H,22,23). The molecule has 9 heteroatoms. The van der Waals surface area contributed by atoms with Crippen LogP contribution in [0, 0.1) is 0 Å². The Morgan fingerprint density at radius 1 is 1.35 bits per heavy atom. The highest BCUT2D eigenvalue weighted by molar-refractivity contribution is 9.10. The van der Waals surface area contributed by atoms with Gasteiger partial charge in [0.05, 0.1) is 28.5 Å². The van der Waals surface area contributed by atoms with Gasteiger partial charge in [-0.25, -0.2) is 4.79 Å². The minimum Gasteiger partial charge on any atom is -0.478 e. The molecule has 0 bridgehead atoms. The van der Waals surface area contributed by atoms with Crippen LogP contribution in [0.2, 0.25) is 0 Å². The third kappa shape index (κ3) is 4.41. The van der Waals surface area contributed by atoms with Crippen molar-refractivity contribution in [1.82, 2.24) is 24.5 Å². The van der Waals surface area contributed by atoms with Crippen molar-refractivity contribution in [2.45, 2.75) is 33.0 Å². The lowest BCUT2D eigenvalue weighted by Gasteiger charge is -2.16. The Morgan fingerprint density at radius 2 is 2.09 bits per heavy atom. The monoisotopic (exact) mass is 383 g/mol. The van der Waals surface area contributed by atoms with Crippen LogP contribution in [0.3, 0.4) is 0 Å². The van der Waals surface area contributed by atoms with Crippen molar-refractivity contribution in [3.05, 3.63) is 34.3 Å². The van der Waals surface area contributed by atoms with Crippen LogP contribution < -0.4 is 0 Å². The molecule has 0 atom stereocenters. The molecule has 0 aliphatic carbocycles. The van der Waals surface area contributed by atoms with Gasteiger partial charge in [-0.2, -0.15) is 10.2 Å². The molecule has 0 aliphatic rings. The zero-order valence-electron chi connectivity index (χ0n) is 12.9. The first-order valence-corrected chi connectivity index (χ1v) is 7.91. The summed E-state index contributed by atoms with van der Waals surface area (Å²) in [6.07, 6.45) is 4.80. The summed E-state index contributed by atoms with van der Waals surface area (Å²) in [5.74, 6) is -1.09. The first kappa shape index (κ1) is 17.2. The lowest BCUT2D eigenvalue weighted by atomic mass is 10.3. The average molecular weight is 384 g/mol. The molecule has 0 aliphatic heterocycles. The number of hydrogen-bond donors (Lipinski definition) is 1. The van der Waals surface area contributed by atoms with Crippen molar-refractivity contribution < 1.29 is 14.7 Å². The van der Waals surface area contributed by atoms with Crippen molar-refractivity contribution in [3.63, 3.8) is 0 Å². The van der Waals surface area contributed by atoms with Crippen LogP contribution >= 0.6 is 15.9 Å². The van der Waals surface area contributed by atoms with E-state index in [1.807, 2.05) is 13.1 Å². The molecule has 0 unspecified atom stereocenters. The number of carboxylic acid groups (broad SMARTS) is 1. The molecular formula is C14H18BrN5O3. The van der Waals surface area contributed by atoms with E-state index in [0.717, 1.165) is 16.7 Å². The lowest BCUT2D eigenvalue weighted by Crippen LogP contribution is -2.27. The largest absolute Gasteiger partial charge is 0.478 e. The van der Waals surface area contributed by atoms with E-state index in [9.17, 15) is 9.59 Å². The number of hydrogen-bond acceptors (Lipinski definition) is 4. The minimum absolute atomic E-state index is 0.0599. The number of halogens is 1. The van der Waals surface area contributed by atoms with E-state index in [1.54, 1.807) is 16.6 Å². The smallest absolute Gasteiger partial charge is 0.338 e. The van der Waals surface area contributed by atoms with Crippen LogP contribution in [-0.4, -0.2) is 48.5 Å². The number of carbonyl (C=O) groups excluding carboxylic acids is 1. The molecule has 0 aromatic carbocycles. The molecule has 0 spiro atoms. The quantitative estimate of drug-likeness (QED) is 0.783. The fraction of sp³-hybridized carbons (Fsp3) is 0.429. The molecular weight excluding hydrogens is 366 g/mol. The summed E-state index contributed by atoms with van der Waals surface area (Å²) in [5, 5.41) is 17.1. The second kappa shape index (κ2) is 7.40. The number of rotatable bonds is 7. The predicted octanol–water partition coefficient (Wildman–Crippen LogP) is 1.61. The van der Waals surface area contributed by atoms with E-state index in [1.165, 1.54) is 17.1 Å². The van der Waals surface area contributed by atoms with E-state index in [0.29, 0.717) is 13.1 Å². The van der Waals surface area contributed by atoms with Gasteiger partial charge in [0.2, 0.25) is 5.91 Å². The molecule has 2 aromatic heterocycles. The molecule has 2 heterocycles. The molecule has 23 heavy (non-hydrogen) atoms. The maximum absolute atomic E-state index is 12.2. The van der Waals surface area contributed by atoms with Gasteiger partial charge in [-0.1, -0.05) is 0 Å². The van der Waals surface area contributed by atoms with Gasteiger partial charge in [-0.15, -0.1) is 0 Å². The molecule has 0 saturated heterocycles. The first-order valence-electron chi connectivity index (χ1n) is 7.12. The van der Waals surface area contributed by atoms with Crippen molar-refractivity contribution in [2.24, 2.45) is 0 Å². The Bertz CT molecular complexity index is 709. The molecule has 1 amide bonds. The number of amides is 1. The molecule has 0 radical (unpaired) electrons. The normalized spacial score (nSPS) is 10.7. The second-order valence-electron chi connectivity index (χ2n) is 5.08.